The third-order valence-corrected chi connectivity index (χ3v) is 4.78. The summed E-state index contributed by atoms with van der Waals surface area (Å²) in [6, 6.07) is 15.3. The maximum Gasteiger partial charge on any atom is 0.251 e. The van der Waals surface area contributed by atoms with Crippen molar-refractivity contribution in [2.45, 2.75) is 0 Å². The molecule has 3 aromatic carbocycles. The van der Waals surface area contributed by atoms with Gasteiger partial charge in [-0.3, -0.25) is 14.5 Å². The van der Waals surface area contributed by atoms with Crippen LogP contribution < -0.4 is 5.32 Å². The Morgan fingerprint density at radius 3 is 2.57 bits per heavy atom. The van der Waals surface area contributed by atoms with Crippen LogP contribution >= 0.6 is 12.2 Å². The molecule has 0 saturated heterocycles. The molecule has 0 aliphatic heterocycles. The summed E-state index contributed by atoms with van der Waals surface area (Å²) in [5, 5.41) is 31.1. The molecule has 1 aromatic heterocycles. The third-order valence-electron chi connectivity index (χ3n) is 4.51. The molecule has 0 bridgehead atoms. The van der Waals surface area contributed by atoms with Gasteiger partial charge in [0.05, 0.1) is 11.3 Å². The van der Waals surface area contributed by atoms with Gasteiger partial charge >= 0.3 is 0 Å². The molecule has 0 saturated carbocycles. The van der Waals surface area contributed by atoms with Gasteiger partial charge in [0.2, 0.25) is 0 Å². The van der Waals surface area contributed by atoms with E-state index in [-0.39, 0.29) is 17.4 Å². The van der Waals surface area contributed by atoms with Gasteiger partial charge in [0.15, 0.2) is 10.6 Å². The number of amides is 1. The minimum atomic E-state index is -0.185. The van der Waals surface area contributed by atoms with Crippen molar-refractivity contribution >= 4 is 28.9 Å². The Kier molecular flexibility index (Phi) is 4.32. The van der Waals surface area contributed by atoms with Gasteiger partial charge < -0.3 is 15.5 Å². The molecule has 0 spiro atoms. The van der Waals surface area contributed by atoms with Gasteiger partial charge in [0.25, 0.3) is 5.91 Å². The van der Waals surface area contributed by atoms with E-state index in [1.54, 1.807) is 29.8 Å². The van der Waals surface area contributed by atoms with Crippen molar-refractivity contribution < 1.29 is 15.0 Å². The lowest BCUT2D eigenvalue weighted by Gasteiger charge is -2.13. The maximum absolute atomic E-state index is 12.2. The predicted molar refractivity (Wildman–Crippen MR) is 108 cm³/mol. The maximum atomic E-state index is 12.2. The Morgan fingerprint density at radius 2 is 1.86 bits per heavy atom. The van der Waals surface area contributed by atoms with E-state index in [9.17, 15) is 15.0 Å². The molecule has 4 rings (SSSR count). The molecule has 0 radical (unpaired) electrons. The molecular weight excluding hydrogens is 376 g/mol. The number of nitrogens with zero attached hydrogens (tertiary/aromatic N) is 2. The summed E-state index contributed by atoms with van der Waals surface area (Å²) < 4.78 is 2.03. The number of benzene rings is 3. The molecule has 4 N–H and O–H groups in total. The van der Waals surface area contributed by atoms with Crippen molar-refractivity contribution in [3.8, 4) is 28.6 Å². The van der Waals surface area contributed by atoms with E-state index in [0.717, 1.165) is 10.8 Å². The number of phenolic OH excluding ortho intramolecular Hbond substituents is 2. The Labute approximate surface area is 164 Å². The summed E-state index contributed by atoms with van der Waals surface area (Å²) in [5.74, 6) is 0.0270. The highest BCUT2D eigenvalue weighted by atomic mass is 32.1. The van der Waals surface area contributed by atoms with Gasteiger partial charge in [-0.15, -0.1) is 0 Å². The van der Waals surface area contributed by atoms with Gasteiger partial charge in [-0.1, -0.05) is 24.3 Å². The number of aromatic hydroxyl groups is 2. The molecule has 0 fully saturated rings. The summed E-state index contributed by atoms with van der Waals surface area (Å²) in [5.41, 5.74) is 1.67. The molecule has 0 unspecified atom stereocenters. The van der Waals surface area contributed by atoms with Crippen LogP contribution in [-0.4, -0.2) is 37.9 Å². The summed E-state index contributed by atoms with van der Waals surface area (Å²) in [6.45, 7) is 0. The Hall–Kier alpha value is -3.65. The SMILES string of the molecule is CNC(=O)c1ccc(-n2c(-c3ccc(O)cc3O)n[nH]c2=S)c2ccccc12. The van der Waals surface area contributed by atoms with Crippen LogP contribution in [0.4, 0.5) is 0 Å². The smallest absolute Gasteiger partial charge is 0.251 e. The zero-order valence-corrected chi connectivity index (χ0v) is 15.6. The fourth-order valence-corrected chi connectivity index (χ4v) is 3.45. The molecule has 0 atom stereocenters. The number of carbonyl (C=O) groups excluding carboxylic acids is 1. The number of nitrogens with one attached hydrogen (secondary N) is 2. The molecule has 0 aliphatic carbocycles. The van der Waals surface area contributed by atoms with E-state index < -0.39 is 0 Å². The van der Waals surface area contributed by atoms with Crippen molar-refractivity contribution in [2.75, 3.05) is 7.05 Å². The monoisotopic (exact) mass is 392 g/mol. The molecule has 1 heterocycles. The first-order valence-corrected chi connectivity index (χ1v) is 8.86. The van der Waals surface area contributed by atoms with Crippen LogP contribution in [0.15, 0.2) is 54.6 Å². The summed E-state index contributed by atoms with van der Waals surface area (Å²) in [6.07, 6.45) is 0. The lowest BCUT2D eigenvalue weighted by molar-refractivity contribution is 0.0964. The first-order chi connectivity index (χ1) is 13.5. The summed E-state index contributed by atoms with van der Waals surface area (Å²) in [7, 11) is 1.59. The van der Waals surface area contributed by atoms with Crippen molar-refractivity contribution in [3.63, 3.8) is 0 Å². The number of fused-ring (bicyclic) bond motifs is 1. The van der Waals surface area contributed by atoms with Crippen LogP contribution in [0.5, 0.6) is 11.5 Å². The minimum Gasteiger partial charge on any atom is -0.508 e. The molecule has 7 nitrogen and oxygen atoms in total. The molecule has 0 aliphatic rings. The zero-order chi connectivity index (χ0) is 19.8. The number of aromatic nitrogens is 3. The third kappa shape index (κ3) is 2.80. The Morgan fingerprint density at radius 1 is 1.11 bits per heavy atom. The normalized spacial score (nSPS) is 10.9. The number of aromatic amines is 1. The van der Waals surface area contributed by atoms with Crippen molar-refractivity contribution in [1.29, 1.82) is 0 Å². The molecule has 140 valence electrons. The number of hydrogen-bond donors (Lipinski definition) is 4. The first kappa shape index (κ1) is 17.7. The lowest BCUT2D eigenvalue weighted by Crippen LogP contribution is -2.18. The number of carbonyl (C=O) groups is 1. The summed E-state index contributed by atoms with van der Waals surface area (Å²) in [4.78, 5) is 12.2. The highest BCUT2D eigenvalue weighted by Gasteiger charge is 2.18. The number of rotatable bonds is 3. The fourth-order valence-electron chi connectivity index (χ4n) is 3.22. The van der Waals surface area contributed by atoms with E-state index in [1.807, 2.05) is 24.3 Å². The Balaban J connectivity index is 2.02. The van der Waals surface area contributed by atoms with Gasteiger partial charge in [-0.2, -0.15) is 5.10 Å². The van der Waals surface area contributed by atoms with E-state index in [1.165, 1.54) is 12.1 Å². The lowest BCUT2D eigenvalue weighted by atomic mass is 10.0. The van der Waals surface area contributed by atoms with Gasteiger partial charge in [0, 0.05) is 24.1 Å². The zero-order valence-electron chi connectivity index (χ0n) is 14.8. The molecule has 4 aromatic rings. The van der Waals surface area contributed by atoms with Crippen LogP contribution in [0.2, 0.25) is 0 Å². The van der Waals surface area contributed by atoms with E-state index in [2.05, 4.69) is 15.5 Å². The van der Waals surface area contributed by atoms with Crippen LogP contribution in [-0.2, 0) is 0 Å². The largest absolute Gasteiger partial charge is 0.508 e. The van der Waals surface area contributed by atoms with Crippen LogP contribution in [0.1, 0.15) is 10.4 Å². The quantitative estimate of drug-likeness (QED) is 0.400. The van der Waals surface area contributed by atoms with E-state index in [0.29, 0.717) is 27.4 Å². The topological polar surface area (TPSA) is 103 Å². The molecule has 28 heavy (non-hydrogen) atoms. The standard InChI is InChI=1S/C20H16N4O3S/c1-21-19(27)14-8-9-16(13-5-3-2-4-12(13)14)24-18(22-23-20(24)28)15-7-6-11(25)10-17(15)26/h2-10,25-26H,1H3,(H,21,27)(H,23,28). The van der Waals surface area contributed by atoms with Crippen molar-refractivity contribution in [3.05, 3.63) is 64.9 Å². The Bertz CT molecular complexity index is 1280. The van der Waals surface area contributed by atoms with E-state index in [4.69, 9.17) is 12.2 Å². The average Bonchev–Trinajstić information content (AvgIpc) is 3.07. The van der Waals surface area contributed by atoms with Gasteiger partial charge in [0.1, 0.15) is 11.5 Å². The predicted octanol–water partition coefficient (Wildman–Crippen LogP) is 3.52. The highest BCUT2D eigenvalue weighted by molar-refractivity contribution is 7.71. The van der Waals surface area contributed by atoms with Crippen molar-refractivity contribution in [2.24, 2.45) is 0 Å². The second kappa shape index (κ2) is 6.82. The molecule has 1 amide bonds. The van der Waals surface area contributed by atoms with Gasteiger partial charge in [-0.05, 0) is 41.9 Å². The molecule has 8 heteroatoms. The second-order valence-electron chi connectivity index (χ2n) is 6.15. The second-order valence-corrected chi connectivity index (χ2v) is 6.53. The average molecular weight is 392 g/mol. The number of H-pyrrole nitrogens is 1. The highest BCUT2D eigenvalue weighted by Crippen LogP contribution is 2.34. The van der Waals surface area contributed by atoms with Crippen molar-refractivity contribution in [1.82, 2.24) is 20.1 Å². The fraction of sp³-hybridized carbons (Fsp3) is 0.0500. The van der Waals surface area contributed by atoms with Crippen LogP contribution in [0, 0.1) is 4.77 Å². The van der Waals surface area contributed by atoms with Crippen LogP contribution in [0.25, 0.3) is 27.8 Å². The number of hydrogen-bond acceptors (Lipinski definition) is 5. The minimum absolute atomic E-state index is 0.0534. The molecular formula is C20H16N4O3S. The van der Waals surface area contributed by atoms with Crippen LogP contribution in [0.3, 0.4) is 0 Å². The first-order valence-electron chi connectivity index (χ1n) is 8.45. The van der Waals surface area contributed by atoms with E-state index >= 15 is 0 Å². The van der Waals surface area contributed by atoms with Gasteiger partial charge in [-0.25, -0.2) is 0 Å². The number of phenols is 2. The summed E-state index contributed by atoms with van der Waals surface area (Å²) >= 11 is 5.43.